The fourth-order valence-electron chi connectivity index (χ4n) is 2.47. The summed E-state index contributed by atoms with van der Waals surface area (Å²) in [7, 11) is 1.96. The Morgan fingerprint density at radius 3 is 1.89 bits per heavy atom. The summed E-state index contributed by atoms with van der Waals surface area (Å²) in [5, 5.41) is 3.28. The van der Waals surface area contributed by atoms with Gasteiger partial charge in [0.05, 0.1) is 0 Å². The molecule has 1 atom stereocenters. The predicted molar refractivity (Wildman–Crippen MR) is 84.7 cm³/mol. The molecule has 2 nitrogen and oxygen atoms in total. The maximum absolute atomic E-state index is 5.84. The third kappa shape index (κ3) is 3.80. The van der Waals surface area contributed by atoms with Crippen LogP contribution in [-0.2, 0) is 10.8 Å². The first-order valence-corrected chi connectivity index (χ1v) is 7.13. The van der Waals surface area contributed by atoms with E-state index in [1.165, 1.54) is 16.7 Å². The highest BCUT2D eigenvalue weighted by atomic mass is 14.9. The van der Waals surface area contributed by atoms with Crippen molar-refractivity contribution in [1.82, 2.24) is 5.32 Å². The number of rotatable bonds is 3. The molecule has 0 amide bonds. The Labute approximate surface area is 118 Å². The second-order valence-corrected chi connectivity index (χ2v) is 7.38. The number of nitrogens with one attached hydrogen (secondary N) is 1. The van der Waals surface area contributed by atoms with Crippen LogP contribution >= 0.6 is 0 Å². The van der Waals surface area contributed by atoms with Gasteiger partial charge in [0.2, 0.25) is 0 Å². The molecular formula is C17H30N2. The first kappa shape index (κ1) is 16.2. The van der Waals surface area contributed by atoms with Gasteiger partial charge in [-0.3, -0.25) is 0 Å². The monoisotopic (exact) mass is 262 g/mol. The summed E-state index contributed by atoms with van der Waals surface area (Å²) in [5.74, 6) is 0. The fourth-order valence-corrected chi connectivity index (χ4v) is 2.47. The molecule has 0 saturated heterocycles. The van der Waals surface area contributed by atoms with Crippen molar-refractivity contribution in [2.75, 3.05) is 13.6 Å². The van der Waals surface area contributed by atoms with Crippen molar-refractivity contribution >= 4 is 0 Å². The van der Waals surface area contributed by atoms with Gasteiger partial charge in [-0.2, -0.15) is 0 Å². The standard InChI is InChI=1S/C17H30N2/c1-16(2,3)13-9-8-12(15(11-18)19-7)10-14(13)17(4,5)6/h8-10,15,19H,11,18H2,1-7H3. The summed E-state index contributed by atoms with van der Waals surface area (Å²) in [6.45, 7) is 14.3. The molecule has 1 aromatic rings. The van der Waals surface area contributed by atoms with Gasteiger partial charge in [-0.25, -0.2) is 0 Å². The molecule has 1 aromatic carbocycles. The highest BCUT2D eigenvalue weighted by Crippen LogP contribution is 2.35. The van der Waals surface area contributed by atoms with Crippen LogP contribution in [0.4, 0.5) is 0 Å². The van der Waals surface area contributed by atoms with E-state index >= 15 is 0 Å². The first-order valence-electron chi connectivity index (χ1n) is 7.13. The summed E-state index contributed by atoms with van der Waals surface area (Å²) >= 11 is 0. The van der Waals surface area contributed by atoms with Crippen molar-refractivity contribution in [2.45, 2.75) is 58.4 Å². The zero-order chi connectivity index (χ0) is 14.8. The van der Waals surface area contributed by atoms with Crippen molar-refractivity contribution in [3.63, 3.8) is 0 Å². The molecule has 19 heavy (non-hydrogen) atoms. The van der Waals surface area contributed by atoms with Crippen molar-refractivity contribution in [1.29, 1.82) is 0 Å². The number of likely N-dealkylation sites (N-methyl/N-ethyl adjacent to an activating group) is 1. The van der Waals surface area contributed by atoms with Gasteiger partial charge in [-0.05, 0) is 34.6 Å². The van der Waals surface area contributed by atoms with Gasteiger partial charge in [-0.15, -0.1) is 0 Å². The molecule has 0 aliphatic rings. The van der Waals surface area contributed by atoms with Crippen LogP contribution in [0.3, 0.4) is 0 Å². The minimum Gasteiger partial charge on any atom is -0.329 e. The van der Waals surface area contributed by atoms with Gasteiger partial charge in [0.15, 0.2) is 0 Å². The summed E-state index contributed by atoms with van der Waals surface area (Å²) < 4.78 is 0. The lowest BCUT2D eigenvalue weighted by Gasteiger charge is -2.31. The molecule has 0 spiro atoms. The van der Waals surface area contributed by atoms with Crippen LogP contribution in [0.25, 0.3) is 0 Å². The van der Waals surface area contributed by atoms with E-state index in [0.717, 1.165) is 0 Å². The Balaban J connectivity index is 3.40. The zero-order valence-corrected chi connectivity index (χ0v) is 13.6. The Bertz CT molecular complexity index is 418. The van der Waals surface area contributed by atoms with Crippen molar-refractivity contribution in [3.8, 4) is 0 Å². The normalized spacial score (nSPS) is 14.5. The van der Waals surface area contributed by atoms with Crippen molar-refractivity contribution < 1.29 is 0 Å². The third-order valence-electron chi connectivity index (χ3n) is 3.65. The van der Waals surface area contributed by atoms with E-state index in [9.17, 15) is 0 Å². The minimum absolute atomic E-state index is 0.144. The van der Waals surface area contributed by atoms with E-state index in [2.05, 4.69) is 65.1 Å². The predicted octanol–water partition coefficient (Wildman–Crippen LogP) is 3.50. The Morgan fingerprint density at radius 1 is 1.00 bits per heavy atom. The molecule has 0 fully saturated rings. The topological polar surface area (TPSA) is 38.0 Å². The summed E-state index contributed by atoms with van der Waals surface area (Å²) in [6.07, 6.45) is 0. The van der Waals surface area contributed by atoms with E-state index in [-0.39, 0.29) is 16.9 Å². The molecule has 3 N–H and O–H groups in total. The molecule has 0 bridgehead atoms. The fraction of sp³-hybridized carbons (Fsp3) is 0.647. The number of benzene rings is 1. The summed E-state index contributed by atoms with van der Waals surface area (Å²) in [6, 6.07) is 7.05. The lowest BCUT2D eigenvalue weighted by molar-refractivity contribution is 0.525. The first-order chi connectivity index (χ1) is 8.61. The molecule has 108 valence electrons. The second kappa shape index (κ2) is 5.64. The Morgan fingerprint density at radius 2 is 1.53 bits per heavy atom. The zero-order valence-electron chi connectivity index (χ0n) is 13.6. The van der Waals surface area contributed by atoms with Gasteiger partial charge in [-0.1, -0.05) is 59.7 Å². The van der Waals surface area contributed by atoms with Crippen LogP contribution in [0.15, 0.2) is 18.2 Å². The Hall–Kier alpha value is -0.860. The Kier molecular flexibility index (Phi) is 4.81. The highest BCUT2D eigenvalue weighted by molar-refractivity contribution is 5.41. The lowest BCUT2D eigenvalue weighted by Crippen LogP contribution is -2.27. The molecule has 2 heteroatoms. The molecule has 0 aromatic heterocycles. The van der Waals surface area contributed by atoms with Crippen LogP contribution in [0, 0.1) is 0 Å². The molecule has 1 rings (SSSR count). The van der Waals surface area contributed by atoms with Crippen LogP contribution < -0.4 is 11.1 Å². The van der Waals surface area contributed by atoms with Crippen LogP contribution in [-0.4, -0.2) is 13.6 Å². The molecule has 1 unspecified atom stereocenters. The van der Waals surface area contributed by atoms with E-state index in [0.29, 0.717) is 6.54 Å². The van der Waals surface area contributed by atoms with Crippen LogP contribution in [0.2, 0.25) is 0 Å². The van der Waals surface area contributed by atoms with Gasteiger partial charge in [0.25, 0.3) is 0 Å². The average Bonchev–Trinajstić information content (AvgIpc) is 2.28. The van der Waals surface area contributed by atoms with Crippen molar-refractivity contribution in [3.05, 3.63) is 34.9 Å². The molecular weight excluding hydrogens is 232 g/mol. The van der Waals surface area contributed by atoms with Crippen molar-refractivity contribution in [2.24, 2.45) is 5.73 Å². The van der Waals surface area contributed by atoms with Crippen LogP contribution in [0.1, 0.15) is 64.3 Å². The molecule has 0 radical (unpaired) electrons. The van der Waals surface area contributed by atoms with Gasteiger partial charge in [0, 0.05) is 12.6 Å². The van der Waals surface area contributed by atoms with Gasteiger partial charge < -0.3 is 11.1 Å². The largest absolute Gasteiger partial charge is 0.329 e. The number of hydrogen-bond acceptors (Lipinski definition) is 2. The quantitative estimate of drug-likeness (QED) is 0.875. The highest BCUT2D eigenvalue weighted by Gasteiger charge is 2.25. The average molecular weight is 262 g/mol. The SMILES string of the molecule is CNC(CN)c1ccc(C(C)(C)C)c(C(C)(C)C)c1. The van der Waals surface area contributed by atoms with E-state index < -0.39 is 0 Å². The lowest BCUT2D eigenvalue weighted by atomic mass is 9.74. The molecule has 0 heterocycles. The number of hydrogen-bond donors (Lipinski definition) is 2. The minimum atomic E-state index is 0.144. The smallest absolute Gasteiger partial charge is 0.0442 e. The van der Waals surface area contributed by atoms with Gasteiger partial charge in [0.1, 0.15) is 0 Å². The second-order valence-electron chi connectivity index (χ2n) is 7.38. The molecule has 0 saturated carbocycles. The van der Waals surface area contributed by atoms with E-state index in [4.69, 9.17) is 5.73 Å². The van der Waals surface area contributed by atoms with E-state index in [1.54, 1.807) is 0 Å². The maximum Gasteiger partial charge on any atom is 0.0442 e. The third-order valence-corrected chi connectivity index (χ3v) is 3.65. The number of nitrogens with two attached hydrogens (primary N) is 1. The maximum atomic E-state index is 5.84. The van der Waals surface area contributed by atoms with E-state index in [1.807, 2.05) is 7.05 Å². The summed E-state index contributed by atoms with van der Waals surface area (Å²) in [5.41, 5.74) is 10.3. The van der Waals surface area contributed by atoms with Crippen LogP contribution in [0.5, 0.6) is 0 Å². The molecule has 0 aliphatic heterocycles. The van der Waals surface area contributed by atoms with Gasteiger partial charge >= 0.3 is 0 Å². The molecule has 0 aliphatic carbocycles. The summed E-state index contributed by atoms with van der Waals surface area (Å²) in [4.78, 5) is 0.